The van der Waals surface area contributed by atoms with Gasteiger partial charge in [0.15, 0.2) is 11.5 Å². The molecule has 0 aromatic heterocycles. The fourth-order valence-electron chi connectivity index (χ4n) is 2.58. The molecule has 1 saturated heterocycles. The number of benzene rings is 1. The number of hydrogen-bond acceptors (Lipinski definition) is 3. The third-order valence-corrected chi connectivity index (χ3v) is 3.78. The molecule has 1 unspecified atom stereocenters. The van der Waals surface area contributed by atoms with E-state index in [4.69, 9.17) is 9.47 Å². The Morgan fingerprint density at radius 2 is 2.24 bits per heavy atom. The minimum absolute atomic E-state index is 0.220. The Hall–Kier alpha value is -1.97. The maximum absolute atomic E-state index is 11.9. The van der Waals surface area contributed by atoms with Crippen LogP contribution in [0.2, 0.25) is 0 Å². The summed E-state index contributed by atoms with van der Waals surface area (Å²) in [6.45, 7) is 7.85. The van der Waals surface area contributed by atoms with Crippen LogP contribution in [0.25, 0.3) is 0 Å². The predicted octanol–water partition coefficient (Wildman–Crippen LogP) is 2.67. The molecule has 2 rings (SSSR count). The summed E-state index contributed by atoms with van der Waals surface area (Å²) in [6.07, 6.45) is 3.28. The molecule has 1 aromatic carbocycles. The molecule has 1 fully saturated rings. The average Bonchev–Trinajstić information content (AvgIpc) is 2.87. The molecule has 0 radical (unpaired) electrons. The number of methoxy groups -OCH3 is 1. The van der Waals surface area contributed by atoms with Gasteiger partial charge in [-0.15, -0.1) is 6.58 Å². The maximum Gasteiger partial charge on any atom is 0.223 e. The molecule has 4 heteroatoms. The van der Waals surface area contributed by atoms with E-state index in [0.717, 1.165) is 36.6 Å². The van der Waals surface area contributed by atoms with E-state index in [1.807, 2.05) is 36.1 Å². The fourth-order valence-corrected chi connectivity index (χ4v) is 2.58. The fraction of sp³-hybridized carbons (Fsp3) is 0.471. The summed E-state index contributed by atoms with van der Waals surface area (Å²) in [5, 5.41) is 0. The number of carbonyl (C=O) groups excluding carboxylic acids is 1. The summed E-state index contributed by atoms with van der Waals surface area (Å²) in [7, 11) is 1.64. The molecule has 1 aromatic rings. The van der Waals surface area contributed by atoms with Crippen molar-refractivity contribution < 1.29 is 14.3 Å². The molecule has 1 atom stereocenters. The van der Waals surface area contributed by atoms with Crippen molar-refractivity contribution in [1.82, 2.24) is 4.90 Å². The molecule has 0 aliphatic carbocycles. The van der Waals surface area contributed by atoms with Crippen molar-refractivity contribution in [2.24, 2.45) is 5.92 Å². The van der Waals surface area contributed by atoms with Gasteiger partial charge in [0.25, 0.3) is 0 Å². The number of likely N-dealkylation sites (tertiary alicyclic amines) is 1. The average molecular weight is 289 g/mol. The molecule has 0 N–H and O–H groups in total. The van der Waals surface area contributed by atoms with Gasteiger partial charge >= 0.3 is 0 Å². The monoisotopic (exact) mass is 289 g/mol. The minimum atomic E-state index is 0.220. The minimum Gasteiger partial charge on any atom is -0.493 e. The van der Waals surface area contributed by atoms with Gasteiger partial charge in [-0.25, -0.2) is 0 Å². The van der Waals surface area contributed by atoms with Gasteiger partial charge in [-0.05, 0) is 31.0 Å². The molecule has 1 amide bonds. The molecule has 0 saturated carbocycles. The standard InChI is InChI=1S/C17H23NO3/c1-4-13-11-17(19)18(12-13)9-8-14-6-7-15(21-5-2)16(10-14)20-3/h4,6-7,10,13H,1,5,8-9,11-12H2,2-3H3. The Morgan fingerprint density at radius 1 is 1.43 bits per heavy atom. The van der Waals surface area contributed by atoms with Crippen LogP contribution in [0.4, 0.5) is 0 Å². The zero-order valence-electron chi connectivity index (χ0n) is 12.8. The summed E-state index contributed by atoms with van der Waals surface area (Å²) in [5.41, 5.74) is 1.14. The van der Waals surface area contributed by atoms with Crippen LogP contribution in [0.3, 0.4) is 0 Å². The lowest BCUT2D eigenvalue weighted by Gasteiger charge is -2.17. The number of rotatable bonds is 7. The highest BCUT2D eigenvalue weighted by atomic mass is 16.5. The maximum atomic E-state index is 11.9. The van der Waals surface area contributed by atoms with Gasteiger partial charge in [0.05, 0.1) is 13.7 Å². The van der Waals surface area contributed by atoms with E-state index in [1.165, 1.54) is 0 Å². The van der Waals surface area contributed by atoms with E-state index in [9.17, 15) is 4.79 Å². The van der Waals surface area contributed by atoms with Crippen molar-refractivity contribution in [1.29, 1.82) is 0 Å². The normalized spacial score (nSPS) is 17.9. The first-order chi connectivity index (χ1) is 10.2. The Bertz CT molecular complexity index is 513. The van der Waals surface area contributed by atoms with Gasteiger partial charge in [0, 0.05) is 25.4 Å². The summed E-state index contributed by atoms with van der Waals surface area (Å²) in [6, 6.07) is 5.94. The number of nitrogens with zero attached hydrogens (tertiary/aromatic N) is 1. The second-order valence-electron chi connectivity index (χ2n) is 5.21. The SMILES string of the molecule is C=CC1CC(=O)N(CCc2ccc(OCC)c(OC)c2)C1. The van der Waals surface area contributed by atoms with Gasteiger partial charge in [-0.3, -0.25) is 4.79 Å². The highest BCUT2D eigenvalue weighted by Gasteiger charge is 2.26. The van der Waals surface area contributed by atoms with Gasteiger partial charge in [0.2, 0.25) is 5.91 Å². The molecule has 0 bridgehead atoms. The van der Waals surface area contributed by atoms with Crippen LogP contribution in [-0.4, -0.2) is 37.6 Å². The quantitative estimate of drug-likeness (QED) is 0.724. The van der Waals surface area contributed by atoms with Crippen LogP contribution in [0.1, 0.15) is 18.9 Å². The lowest BCUT2D eigenvalue weighted by atomic mass is 10.1. The van der Waals surface area contributed by atoms with Crippen LogP contribution in [-0.2, 0) is 11.2 Å². The first kappa shape index (κ1) is 15.4. The van der Waals surface area contributed by atoms with Crippen molar-refractivity contribution in [3.8, 4) is 11.5 Å². The lowest BCUT2D eigenvalue weighted by molar-refractivity contribution is -0.127. The van der Waals surface area contributed by atoms with Crippen LogP contribution in [0, 0.1) is 5.92 Å². The number of carbonyl (C=O) groups is 1. The first-order valence-electron chi connectivity index (χ1n) is 7.38. The van der Waals surface area contributed by atoms with Crippen molar-refractivity contribution in [3.05, 3.63) is 36.4 Å². The molecular formula is C17H23NO3. The van der Waals surface area contributed by atoms with E-state index in [0.29, 0.717) is 18.9 Å². The summed E-state index contributed by atoms with van der Waals surface area (Å²) >= 11 is 0. The second kappa shape index (κ2) is 7.16. The zero-order chi connectivity index (χ0) is 15.2. The molecule has 114 valence electrons. The van der Waals surface area contributed by atoms with E-state index >= 15 is 0 Å². The highest BCUT2D eigenvalue weighted by molar-refractivity contribution is 5.79. The van der Waals surface area contributed by atoms with E-state index in [-0.39, 0.29) is 5.91 Å². The molecular weight excluding hydrogens is 266 g/mol. The third-order valence-electron chi connectivity index (χ3n) is 3.78. The Morgan fingerprint density at radius 3 is 2.86 bits per heavy atom. The molecule has 1 aliphatic heterocycles. The Balaban J connectivity index is 1.97. The van der Waals surface area contributed by atoms with Gasteiger partial charge in [-0.2, -0.15) is 0 Å². The zero-order valence-corrected chi connectivity index (χ0v) is 12.8. The smallest absolute Gasteiger partial charge is 0.223 e. The summed E-state index contributed by atoms with van der Waals surface area (Å²) in [4.78, 5) is 13.8. The number of ether oxygens (including phenoxy) is 2. The topological polar surface area (TPSA) is 38.8 Å². The molecule has 1 heterocycles. The largest absolute Gasteiger partial charge is 0.493 e. The Labute approximate surface area is 126 Å². The lowest BCUT2D eigenvalue weighted by Crippen LogP contribution is -2.27. The van der Waals surface area contributed by atoms with Gasteiger partial charge in [-0.1, -0.05) is 12.1 Å². The van der Waals surface area contributed by atoms with Crippen LogP contribution >= 0.6 is 0 Å². The van der Waals surface area contributed by atoms with Crippen LogP contribution in [0.5, 0.6) is 11.5 Å². The third kappa shape index (κ3) is 3.78. The van der Waals surface area contributed by atoms with Gasteiger partial charge in [0.1, 0.15) is 0 Å². The first-order valence-corrected chi connectivity index (χ1v) is 7.38. The van der Waals surface area contributed by atoms with Crippen molar-refractivity contribution >= 4 is 5.91 Å². The van der Waals surface area contributed by atoms with Crippen molar-refractivity contribution in [3.63, 3.8) is 0 Å². The van der Waals surface area contributed by atoms with E-state index < -0.39 is 0 Å². The van der Waals surface area contributed by atoms with Crippen LogP contribution in [0.15, 0.2) is 30.9 Å². The number of hydrogen-bond donors (Lipinski definition) is 0. The van der Waals surface area contributed by atoms with E-state index in [1.54, 1.807) is 7.11 Å². The highest BCUT2D eigenvalue weighted by Crippen LogP contribution is 2.28. The summed E-state index contributed by atoms with van der Waals surface area (Å²) in [5.74, 6) is 2.02. The Kier molecular flexibility index (Phi) is 5.26. The van der Waals surface area contributed by atoms with E-state index in [2.05, 4.69) is 6.58 Å². The van der Waals surface area contributed by atoms with Crippen molar-refractivity contribution in [2.45, 2.75) is 19.8 Å². The van der Waals surface area contributed by atoms with Crippen LogP contribution < -0.4 is 9.47 Å². The predicted molar refractivity (Wildman–Crippen MR) is 82.8 cm³/mol. The second-order valence-corrected chi connectivity index (χ2v) is 5.21. The molecule has 21 heavy (non-hydrogen) atoms. The number of amides is 1. The molecule has 1 aliphatic rings. The molecule has 4 nitrogen and oxygen atoms in total. The molecule has 0 spiro atoms. The van der Waals surface area contributed by atoms with Gasteiger partial charge < -0.3 is 14.4 Å². The summed E-state index contributed by atoms with van der Waals surface area (Å²) < 4.78 is 10.9. The van der Waals surface area contributed by atoms with Crippen molar-refractivity contribution in [2.75, 3.05) is 26.8 Å².